The summed E-state index contributed by atoms with van der Waals surface area (Å²) in [4.78, 5) is 14.6. The fraction of sp³-hybridized carbons (Fsp3) is 0.632. The van der Waals surface area contributed by atoms with Gasteiger partial charge in [-0.25, -0.2) is 0 Å². The number of ether oxygens (including phenoxy) is 1. The van der Waals surface area contributed by atoms with E-state index in [2.05, 4.69) is 4.72 Å². The Morgan fingerprint density at radius 2 is 1.92 bits per heavy atom. The Labute approximate surface area is 153 Å². The Kier molecular flexibility index (Phi) is 5.44. The minimum absolute atomic E-state index is 0.0195. The van der Waals surface area contributed by atoms with Crippen molar-refractivity contribution in [1.82, 2.24) is 9.62 Å². The van der Waals surface area contributed by atoms with Gasteiger partial charge in [0.15, 0.2) is 0 Å². The van der Waals surface area contributed by atoms with Crippen LogP contribution >= 0.6 is 0 Å². The maximum Gasteiger partial charge on any atom is 0.253 e. The third-order valence-corrected chi connectivity index (χ3v) is 6.90. The lowest BCUT2D eigenvalue weighted by molar-refractivity contribution is 0.0503. The number of piperidine rings is 1. The highest BCUT2D eigenvalue weighted by Crippen LogP contribution is 2.40. The molecule has 1 aromatic rings. The lowest BCUT2D eigenvalue weighted by Gasteiger charge is -2.42. The number of rotatable bonds is 3. The lowest BCUT2D eigenvalue weighted by Crippen LogP contribution is -2.55. The Balaban J connectivity index is 1.63. The van der Waals surface area contributed by atoms with Gasteiger partial charge < -0.3 is 14.2 Å². The first-order chi connectivity index (χ1) is 11.8. The molecule has 0 bridgehead atoms. The van der Waals surface area contributed by atoms with Crippen LogP contribution in [0.5, 0.6) is 0 Å². The average molecular weight is 365 g/mol. The van der Waals surface area contributed by atoms with Crippen molar-refractivity contribution in [2.45, 2.75) is 44.4 Å². The zero-order chi connectivity index (χ0) is 18.1. The molecule has 2 aliphatic rings. The van der Waals surface area contributed by atoms with Gasteiger partial charge in [-0.1, -0.05) is 18.2 Å². The highest BCUT2D eigenvalue weighted by atomic mass is 32.2. The van der Waals surface area contributed by atoms with Crippen LogP contribution in [0.25, 0.3) is 0 Å². The lowest BCUT2D eigenvalue weighted by atomic mass is 9.75. The summed E-state index contributed by atoms with van der Waals surface area (Å²) in [7, 11) is 0. The largest absolute Gasteiger partial charge is 0.598 e. The average Bonchev–Trinajstić information content (AvgIpc) is 2.97. The molecule has 138 valence electrons. The van der Waals surface area contributed by atoms with Gasteiger partial charge in [0.2, 0.25) is 0 Å². The first kappa shape index (κ1) is 18.7. The van der Waals surface area contributed by atoms with Crippen LogP contribution in [0.3, 0.4) is 0 Å². The van der Waals surface area contributed by atoms with Crippen LogP contribution in [0.15, 0.2) is 30.3 Å². The van der Waals surface area contributed by atoms with E-state index in [1.165, 1.54) is 0 Å². The fourth-order valence-electron chi connectivity index (χ4n) is 3.53. The van der Waals surface area contributed by atoms with E-state index < -0.39 is 11.4 Å². The van der Waals surface area contributed by atoms with E-state index in [-0.39, 0.29) is 22.1 Å². The van der Waals surface area contributed by atoms with E-state index in [0.717, 1.165) is 31.5 Å². The van der Waals surface area contributed by atoms with E-state index in [0.29, 0.717) is 13.2 Å². The predicted molar refractivity (Wildman–Crippen MR) is 99.7 cm³/mol. The SMILES string of the molecule is CC(C)(C)[S+]([O-])NC1COCC12CCN(C(=O)c1ccccc1)CC2. The van der Waals surface area contributed by atoms with E-state index in [9.17, 15) is 9.35 Å². The molecule has 1 N–H and O–H groups in total. The van der Waals surface area contributed by atoms with E-state index in [4.69, 9.17) is 4.74 Å². The molecular weight excluding hydrogens is 336 g/mol. The summed E-state index contributed by atoms with van der Waals surface area (Å²) >= 11 is -1.11. The molecule has 3 rings (SSSR count). The van der Waals surface area contributed by atoms with Gasteiger partial charge in [-0.3, -0.25) is 4.79 Å². The van der Waals surface area contributed by atoms with Crippen LogP contribution in [0.4, 0.5) is 0 Å². The van der Waals surface area contributed by atoms with Crippen LogP contribution in [-0.4, -0.2) is 52.5 Å². The number of nitrogens with zero attached hydrogens (tertiary/aromatic N) is 1. The van der Waals surface area contributed by atoms with Crippen molar-refractivity contribution >= 4 is 17.3 Å². The van der Waals surface area contributed by atoms with Gasteiger partial charge in [-0.15, -0.1) is 4.72 Å². The van der Waals surface area contributed by atoms with Crippen molar-refractivity contribution in [3.63, 3.8) is 0 Å². The molecule has 1 amide bonds. The number of nitrogens with one attached hydrogen (secondary N) is 1. The summed E-state index contributed by atoms with van der Waals surface area (Å²) in [6, 6.07) is 9.52. The number of carbonyl (C=O) groups excluding carboxylic acids is 1. The zero-order valence-corrected chi connectivity index (χ0v) is 16.1. The number of hydrogen-bond acceptors (Lipinski definition) is 4. The molecule has 0 aliphatic carbocycles. The molecule has 1 aromatic carbocycles. The van der Waals surface area contributed by atoms with Crippen molar-refractivity contribution in [2.24, 2.45) is 5.41 Å². The molecular formula is C19H28N2O3S. The molecule has 0 saturated carbocycles. The molecule has 1 spiro atoms. The quantitative estimate of drug-likeness (QED) is 0.836. The van der Waals surface area contributed by atoms with Crippen LogP contribution in [-0.2, 0) is 16.1 Å². The van der Waals surface area contributed by atoms with Crippen molar-refractivity contribution in [1.29, 1.82) is 0 Å². The first-order valence-corrected chi connectivity index (χ1v) is 10.1. The molecule has 2 fully saturated rings. The molecule has 2 aliphatic heterocycles. The van der Waals surface area contributed by atoms with Crippen molar-refractivity contribution in [3.05, 3.63) is 35.9 Å². The second-order valence-corrected chi connectivity index (χ2v) is 10.1. The standard InChI is InChI=1S/C19H28N2O3S/c1-18(2,3)25(23)20-16-13-24-14-19(16)9-11-21(12-10-19)17(22)15-7-5-4-6-8-15/h4-8,16,20H,9-14H2,1-3H3. The summed E-state index contributed by atoms with van der Waals surface area (Å²) in [5.41, 5.74) is 0.721. The van der Waals surface area contributed by atoms with Crippen LogP contribution in [0.1, 0.15) is 44.0 Å². The summed E-state index contributed by atoms with van der Waals surface area (Å²) in [5.74, 6) is 0.0946. The Bertz CT molecular complexity index is 594. The van der Waals surface area contributed by atoms with Crippen LogP contribution in [0.2, 0.25) is 0 Å². The van der Waals surface area contributed by atoms with Gasteiger partial charge in [0.05, 0.1) is 19.3 Å². The van der Waals surface area contributed by atoms with E-state index in [1.807, 2.05) is 56.0 Å². The Morgan fingerprint density at radius 3 is 2.52 bits per heavy atom. The number of carbonyl (C=O) groups is 1. The minimum atomic E-state index is -1.11. The molecule has 5 nitrogen and oxygen atoms in total. The maximum absolute atomic E-state index is 12.6. The van der Waals surface area contributed by atoms with Gasteiger partial charge in [0.25, 0.3) is 5.91 Å². The van der Waals surface area contributed by atoms with Crippen LogP contribution < -0.4 is 4.72 Å². The van der Waals surface area contributed by atoms with Crippen molar-refractivity contribution < 1.29 is 14.1 Å². The third-order valence-electron chi connectivity index (χ3n) is 5.29. The maximum atomic E-state index is 12.6. The van der Waals surface area contributed by atoms with Gasteiger partial charge in [-0.2, -0.15) is 0 Å². The summed E-state index contributed by atoms with van der Waals surface area (Å²) in [5, 5.41) is 0. The van der Waals surface area contributed by atoms with Crippen molar-refractivity contribution in [2.75, 3.05) is 26.3 Å². The molecule has 2 saturated heterocycles. The second-order valence-electron chi connectivity index (χ2n) is 8.09. The van der Waals surface area contributed by atoms with E-state index in [1.54, 1.807) is 0 Å². The van der Waals surface area contributed by atoms with Gasteiger partial charge in [0.1, 0.15) is 4.75 Å². The molecule has 0 radical (unpaired) electrons. The van der Waals surface area contributed by atoms with Gasteiger partial charge in [-0.05, 0) is 45.7 Å². The molecule has 2 unspecified atom stereocenters. The fourth-order valence-corrected chi connectivity index (χ4v) is 4.46. The monoisotopic (exact) mass is 364 g/mol. The number of benzene rings is 1. The van der Waals surface area contributed by atoms with E-state index >= 15 is 0 Å². The minimum Gasteiger partial charge on any atom is -0.598 e. The molecule has 0 aromatic heterocycles. The number of amides is 1. The number of hydrogen-bond donors (Lipinski definition) is 1. The molecule has 6 heteroatoms. The first-order valence-electron chi connectivity index (χ1n) is 8.92. The number of likely N-dealkylation sites (tertiary alicyclic amines) is 1. The highest BCUT2D eigenvalue weighted by Gasteiger charge is 2.49. The van der Waals surface area contributed by atoms with Gasteiger partial charge in [0, 0.05) is 35.4 Å². The smallest absolute Gasteiger partial charge is 0.253 e. The van der Waals surface area contributed by atoms with Gasteiger partial charge >= 0.3 is 0 Å². The predicted octanol–water partition coefficient (Wildman–Crippen LogP) is 2.36. The Morgan fingerprint density at radius 1 is 1.28 bits per heavy atom. The topological polar surface area (TPSA) is 64.6 Å². The second kappa shape index (κ2) is 7.27. The summed E-state index contributed by atoms with van der Waals surface area (Å²) in [6.07, 6.45) is 1.76. The summed E-state index contributed by atoms with van der Waals surface area (Å²) in [6.45, 7) is 8.63. The zero-order valence-electron chi connectivity index (χ0n) is 15.3. The highest BCUT2D eigenvalue weighted by molar-refractivity contribution is 7.90. The molecule has 25 heavy (non-hydrogen) atoms. The Hall–Kier alpha value is -1.08. The summed E-state index contributed by atoms with van der Waals surface area (Å²) < 4.78 is 21.2. The van der Waals surface area contributed by atoms with Crippen LogP contribution in [0, 0.1) is 5.41 Å². The molecule has 2 heterocycles. The third kappa shape index (κ3) is 4.03. The van der Waals surface area contributed by atoms with Crippen molar-refractivity contribution in [3.8, 4) is 0 Å². The normalized spacial score (nSPS) is 24.5. The molecule has 2 atom stereocenters.